The third-order valence-electron chi connectivity index (χ3n) is 2.75. The number of halogens is 1. The van der Waals surface area contributed by atoms with Crippen LogP contribution in [-0.4, -0.2) is 24.1 Å². The Morgan fingerprint density at radius 3 is 2.88 bits per heavy atom. The molecule has 0 spiro atoms. The van der Waals surface area contributed by atoms with Crippen LogP contribution >= 0.6 is 15.9 Å². The molecule has 1 aromatic rings. The summed E-state index contributed by atoms with van der Waals surface area (Å²) in [5.74, 6) is 1.59. The molecule has 1 aromatic carbocycles. The fourth-order valence-electron chi connectivity index (χ4n) is 1.97. The van der Waals surface area contributed by atoms with Crippen molar-refractivity contribution in [1.82, 2.24) is 0 Å². The number of ether oxygens (including phenoxy) is 2. The highest BCUT2D eigenvalue weighted by molar-refractivity contribution is 9.09. The molecule has 2 aliphatic heterocycles. The average molecular weight is 284 g/mol. The molecule has 2 aliphatic rings. The first-order chi connectivity index (χ1) is 7.74. The van der Waals surface area contributed by atoms with Crippen molar-refractivity contribution in [3.05, 3.63) is 18.2 Å². The highest BCUT2D eigenvalue weighted by Crippen LogP contribution is 2.36. The zero-order valence-corrected chi connectivity index (χ0v) is 10.1. The summed E-state index contributed by atoms with van der Waals surface area (Å²) in [7, 11) is 0. The van der Waals surface area contributed by atoms with Crippen molar-refractivity contribution in [2.24, 2.45) is 0 Å². The highest BCUT2D eigenvalue weighted by Gasteiger charge is 2.29. The van der Waals surface area contributed by atoms with Crippen molar-refractivity contribution >= 4 is 27.5 Å². The number of hydrogen-bond donors (Lipinski definition) is 0. The van der Waals surface area contributed by atoms with Crippen LogP contribution in [0.15, 0.2) is 18.2 Å². The third-order valence-corrected chi connectivity index (χ3v) is 3.36. The molecule has 1 amide bonds. The van der Waals surface area contributed by atoms with E-state index in [1.165, 1.54) is 0 Å². The minimum atomic E-state index is 0.140. The van der Waals surface area contributed by atoms with Gasteiger partial charge in [0, 0.05) is 29.5 Å². The SMILES string of the molecule is O=C1CC(Br)CN1c1ccc2c(c1)OCO2. The number of benzene rings is 1. The van der Waals surface area contributed by atoms with Crippen molar-refractivity contribution in [2.45, 2.75) is 11.2 Å². The Balaban J connectivity index is 1.92. The van der Waals surface area contributed by atoms with E-state index in [1.54, 1.807) is 4.90 Å². The van der Waals surface area contributed by atoms with Crippen LogP contribution in [0.3, 0.4) is 0 Å². The van der Waals surface area contributed by atoms with Gasteiger partial charge in [0.2, 0.25) is 12.7 Å². The standard InChI is InChI=1S/C11H10BrNO3/c12-7-3-11(14)13(5-7)8-1-2-9-10(4-8)16-6-15-9/h1-2,4,7H,3,5-6H2. The monoisotopic (exact) mass is 283 g/mol. The maximum atomic E-state index is 11.7. The van der Waals surface area contributed by atoms with E-state index in [0.717, 1.165) is 11.4 Å². The first kappa shape index (κ1) is 9.96. The van der Waals surface area contributed by atoms with Crippen LogP contribution in [0.1, 0.15) is 6.42 Å². The van der Waals surface area contributed by atoms with E-state index >= 15 is 0 Å². The van der Waals surface area contributed by atoms with E-state index in [1.807, 2.05) is 18.2 Å². The number of amides is 1. The molecule has 3 rings (SSSR count). The van der Waals surface area contributed by atoms with Crippen LogP contribution in [0.4, 0.5) is 5.69 Å². The molecule has 0 bridgehead atoms. The lowest BCUT2D eigenvalue weighted by atomic mass is 10.2. The molecule has 1 fully saturated rings. The van der Waals surface area contributed by atoms with Gasteiger partial charge in [-0.2, -0.15) is 0 Å². The Hall–Kier alpha value is -1.23. The molecule has 1 saturated heterocycles. The van der Waals surface area contributed by atoms with Crippen molar-refractivity contribution in [1.29, 1.82) is 0 Å². The van der Waals surface area contributed by atoms with Crippen LogP contribution in [0.25, 0.3) is 0 Å². The largest absolute Gasteiger partial charge is 0.454 e. The van der Waals surface area contributed by atoms with Gasteiger partial charge < -0.3 is 14.4 Å². The van der Waals surface area contributed by atoms with E-state index in [2.05, 4.69) is 15.9 Å². The fourth-order valence-corrected chi connectivity index (χ4v) is 2.53. The number of fused-ring (bicyclic) bond motifs is 1. The molecule has 0 aliphatic carbocycles. The fraction of sp³-hybridized carbons (Fsp3) is 0.364. The normalized spacial score (nSPS) is 22.9. The zero-order chi connectivity index (χ0) is 11.1. The number of hydrogen-bond acceptors (Lipinski definition) is 3. The number of anilines is 1. The summed E-state index contributed by atoms with van der Waals surface area (Å²) in [6, 6.07) is 5.58. The molecule has 4 nitrogen and oxygen atoms in total. The number of alkyl halides is 1. The lowest BCUT2D eigenvalue weighted by Crippen LogP contribution is -2.24. The number of rotatable bonds is 1. The van der Waals surface area contributed by atoms with Gasteiger partial charge >= 0.3 is 0 Å². The predicted octanol–water partition coefficient (Wildman–Crippen LogP) is 1.92. The molecule has 0 saturated carbocycles. The summed E-state index contributed by atoms with van der Waals surface area (Å²) in [6.07, 6.45) is 0.550. The molecule has 5 heteroatoms. The second-order valence-corrected chi connectivity index (χ2v) is 5.14. The molecule has 0 aromatic heterocycles. The summed E-state index contributed by atoms with van der Waals surface area (Å²) < 4.78 is 10.5. The second-order valence-electron chi connectivity index (χ2n) is 3.84. The highest BCUT2D eigenvalue weighted by atomic mass is 79.9. The molecule has 16 heavy (non-hydrogen) atoms. The zero-order valence-electron chi connectivity index (χ0n) is 8.48. The predicted molar refractivity (Wildman–Crippen MR) is 62.3 cm³/mol. The minimum Gasteiger partial charge on any atom is -0.454 e. The molecule has 0 radical (unpaired) electrons. The van der Waals surface area contributed by atoms with Crippen molar-refractivity contribution in [3.8, 4) is 11.5 Å². The van der Waals surface area contributed by atoms with Crippen molar-refractivity contribution in [3.63, 3.8) is 0 Å². The van der Waals surface area contributed by atoms with Crippen LogP contribution in [0.5, 0.6) is 11.5 Å². The van der Waals surface area contributed by atoms with Gasteiger partial charge in [0.25, 0.3) is 0 Å². The van der Waals surface area contributed by atoms with Crippen molar-refractivity contribution in [2.75, 3.05) is 18.2 Å². The number of carbonyl (C=O) groups excluding carboxylic acids is 1. The lowest BCUT2D eigenvalue weighted by Gasteiger charge is -2.16. The van der Waals surface area contributed by atoms with Gasteiger partial charge in [0.05, 0.1) is 0 Å². The van der Waals surface area contributed by atoms with Crippen molar-refractivity contribution < 1.29 is 14.3 Å². The summed E-state index contributed by atoms with van der Waals surface area (Å²) in [6.45, 7) is 0.965. The van der Waals surface area contributed by atoms with Gasteiger partial charge in [0.15, 0.2) is 11.5 Å². The van der Waals surface area contributed by atoms with Gasteiger partial charge in [-0.3, -0.25) is 4.79 Å². The molecule has 2 heterocycles. The first-order valence-corrected chi connectivity index (χ1v) is 6.00. The lowest BCUT2D eigenvalue weighted by molar-refractivity contribution is -0.117. The Labute approximate surface area is 101 Å². The van der Waals surface area contributed by atoms with Crippen LogP contribution in [0.2, 0.25) is 0 Å². The topological polar surface area (TPSA) is 38.8 Å². The Kier molecular flexibility index (Phi) is 2.28. The maximum absolute atomic E-state index is 11.7. The minimum absolute atomic E-state index is 0.140. The summed E-state index contributed by atoms with van der Waals surface area (Å²) in [5, 5.41) is 0. The Bertz CT molecular complexity index is 449. The van der Waals surface area contributed by atoms with Crippen LogP contribution < -0.4 is 14.4 Å². The molecule has 1 atom stereocenters. The maximum Gasteiger partial charge on any atom is 0.231 e. The van der Waals surface area contributed by atoms with Gasteiger partial charge in [0.1, 0.15) is 0 Å². The van der Waals surface area contributed by atoms with Gasteiger partial charge in [-0.25, -0.2) is 0 Å². The Morgan fingerprint density at radius 2 is 2.12 bits per heavy atom. The smallest absolute Gasteiger partial charge is 0.231 e. The second kappa shape index (κ2) is 3.66. The molecule has 84 valence electrons. The quantitative estimate of drug-likeness (QED) is 0.739. The van der Waals surface area contributed by atoms with E-state index in [0.29, 0.717) is 18.7 Å². The molecular weight excluding hydrogens is 274 g/mol. The van der Waals surface area contributed by atoms with E-state index < -0.39 is 0 Å². The summed E-state index contributed by atoms with van der Waals surface area (Å²) in [5.41, 5.74) is 0.871. The van der Waals surface area contributed by atoms with Crippen LogP contribution in [-0.2, 0) is 4.79 Å². The van der Waals surface area contributed by atoms with E-state index in [-0.39, 0.29) is 17.5 Å². The van der Waals surface area contributed by atoms with Crippen LogP contribution in [0, 0.1) is 0 Å². The Morgan fingerprint density at radius 1 is 1.31 bits per heavy atom. The van der Waals surface area contributed by atoms with E-state index in [4.69, 9.17) is 9.47 Å². The molecule has 0 N–H and O–H groups in total. The van der Waals surface area contributed by atoms with Gasteiger partial charge in [-0.1, -0.05) is 15.9 Å². The average Bonchev–Trinajstić information content (AvgIpc) is 2.83. The number of carbonyl (C=O) groups is 1. The summed E-state index contributed by atoms with van der Waals surface area (Å²) in [4.78, 5) is 13.7. The molecular formula is C11H10BrNO3. The van der Waals surface area contributed by atoms with Gasteiger partial charge in [-0.15, -0.1) is 0 Å². The van der Waals surface area contributed by atoms with E-state index in [9.17, 15) is 4.79 Å². The first-order valence-electron chi connectivity index (χ1n) is 5.08. The third kappa shape index (κ3) is 1.55. The van der Waals surface area contributed by atoms with Gasteiger partial charge in [-0.05, 0) is 12.1 Å². The summed E-state index contributed by atoms with van der Waals surface area (Å²) >= 11 is 3.46. The number of nitrogens with zero attached hydrogens (tertiary/aromatic N) is 1. The molecule has 1 unspecified atom stereocenters.